The lowest BCUT2D eigenvalue weighted by Crippen LogP contribution is -2.28. The monoisotopic (exact) mass is 264 g/mol. The number of thiazole rings is 1. The largest absolute Gasteiger partial charge is 0.344 e. The molecule has 2 heterocycles. The first-order valence-electron chi connectivity index (χ1n) is 5.30. The van der Waals surface area contributed by atoms with E-state index in [2.05, 4.69) is 15.4 Å². The highest BCUT2D eigenvalue weighted by Crippen LogP contribution is 2.07. The summed E-state index contributed by atoms with van der Waals surface area (Å²) in [6.45, 7) is 2.26. The molecule has 7 heteroatoms. The van der Waals surface area contributed by atoms with Crippen LogP contribution < -0.4 is 10.9 Å². The van der Waals surface area contributed by atoms with Crippen molar-refractivity contribution in [3.8, 4) is 0 Å². The summed E-state index contributed by atoms with van der Waals surface area (Å²) in [6.07, 6.45) is 0. The zero-order valence-corrected chi connectivity index (χ0v) is 10.8. The number of aryl methyl sites for hydroxylation is 2. The smallest absolute Gasteiger partial charge is 0.272 e. The molecule has 0 fully saturated rings. The van der Waals surface area contributed by atoms with Crippen molar-refractivity contribution in [1.29, 1.82) is 0 Å². The Labute approximate surface area is 107 Å². The molecule has 2 aromatic heterocycles. The SMILES string of the molecule is Cc1csc(CNC(=O)c2ccc(=O)n(C)n2)n1. The highest BCUT2D eigenvalue weighted by molar-refractivity contribution is 7.09. The van der Waals surface area contributed by atoms with Gasteiger partial charge in [0, 0.05) is 24.2 Å². The number of nitrogens with one attached hydrogen (secondary N) is 1. The Morgan fingerprint density at radius 2 is 2.28 bits per heavy atom. The molecule has 0 atom stereocenters. The van der Waals surface area contributed by atoms with Gasteiger partial charge in [-0.1, -0.05) is 0 Å². The van der Waals surface area contributed by atoms with Crippen LogP contribution in [0.2, 0.25) is 0 Å². The summed E-state index contributed by atoms with van der Waals surface area (Å²) >= 11 is 1.49. The molecule has 0 aromatic carbocycles. The second kappa shape index (κ2) is 5.09. The maximum atomic E-state index is 11.8. The van der Waals surface area contributed by atoms with Crippen LogP contribution in [0.5, 0.6) is 0 Å². The number of hydrogen-bond acceptors (Lipinski definition) is 5. The Balaban J connectivity index is 2.03. The van der Waals surface area contributed by atoms with Crippen LogP contribution in [0.3, 0.4) is 0 Å². The van der Waals surface area contributed by atoms with Gasteiger partial charge < -0.3 is 5.32 Å². The standard InChI is InChI=1S/C11H12N4O2S/c1-7-6-18-9(13-7)5-12-11(17)8-3-4-10(16)15(2)14-8/h3-4,6H,5H2,1-2H3,(H,12,17). The number of rotatable bonds is 3. The van der Waals surface area contributed by atoms with E-state index < -0.39 is 0 Å². The second-order valence-electron chi connectivity index (χ2n) is 3.75. The summed E-state index contributed by atoms with van der Waals surface area (Å²) in [7, 11) is 1.50. The minimum atomic E-state index is -0.321. The molecule has 2 aromatic rings. The lowest BCUT2D eigenvalue weighted by molar-refractivity contribution is 0.0943. The minimum Gasteiger partial charge on any atom is -0.344 e. The van der Waals surface area contributed by atoms with E-state index in [9.17, 15) is 9.59 Å². The fourth-order valence-electron chi connectivity index (χ4n) is 1.35. The molecule has 6 nitrogen and oxygen atoms in total. The lowest BCUT2D eigenvalue weighted by Gasteiger charge is -2.03. The van der Waals surface area contributed by atoms with E-state index in [1.165, 1.54) is 30.5 Å². The van der Waals surface area contributed by atoms with E-state index in [4.69, 9.17) is 0 Å². The first-order chi connectivity index (χ1) is 8.56. The topological polar surface area (TPSA) is 76.9 Å². The van der Waals surface area contributed by atoms with Gasteiger partial charge in [-0.25, -0.2) is 9.67 Å². The Kier molecular flexibility index (Phi) is 3.52. The Hall–Kier alpha value is -2.02. The van der Waals surface area contributed by atoms with Gasteiger partial charge in [0.2, 0.25) is 0 Å². The van der Waals surface area contributed by atoms with Crippen molar-refractivity contribution in [2.24, 2.45) is 7.05 Å². The predicted molar refractivity (Wildman–Crippen MR) is 67.5 cm³/mol. The first kappa shape index (κ1) is 12.4. The normalized spacial score (nSPS) is 10.3. The van der Waals surface area contributed by atoms with Crippen LogP contribution in [0.25, 0.3) is 0 Å². The fourth-order valence-corrected chi connectivity index (χ4v) is 2.07. The van der Waals surface area contributed by atoms with Gasteiger partial charge >= 0.3 is 0 Å². The van der Waals surface area contributed by atoms with Gasteiger partial charge in [-0.05, 0) is 13.0 Å². The van der Waals surface area contributed by atoms with Gasteiger partial charge in [-0.3, -0.25) is 9.59 Å². The number of hydrogen-bond donors (Lipinski definition) is 1. The second-order valence-corrected chi connectivity index (χ2v) is 4.69. The van der Waals surface area contributed by atoms with Gasteiger partial charge in [0.1, 0.15) is 10.7 Å². The van der Waals surface area contributed by atoms with Crippen LogP contribution >= 0.6 is 11.3 Å². The molecular weight excluding hydrogens is 252 g/mol. The average Bonchev–Trinajstić information content (AvgIpc) is 2.75. The maximum absolute atomic E-state index is 11.8. The van der Waals surface area contributed by atoms with Crippen molar-refractivity contribution in [3.63, 3.8) is 0 Å². The molecule has 0 aliphatic rings. The third kappa shape index (κ3) is 2.80. The van der Waals surface area contributed by atoms with Gasteiger partial charge in [0.05, 0.1) is 6.54 Å². The summed E-state index contributed by atoms with van der Waals surface area (Å²) in [4.78, 5) is 27.1. The number of amides is 1. The minimum absolute atomic E-state index is 0.213. The maximum Gasteiger partial charge on any atom is 0.272 e. The zero-order chi connectivity index (χ0) is 13.1. The number of carbonyl (C=O) groups is 1. The molecule has 2 rings (SSSR count). The summed E-state index contributed by atoms with van der Waals surface area (Å²) in [6, 6.07) is 2.72. The molecule has 0 aliphatic heterocycles. The first-order valence-corrected chi connectivity index (χ1v) is 6.18. The molecule has 18 heavy (non-hydrogen) atoms. The van der Waals surface area contributed by atoms with Crippen molar-refractivity contribution in [3.05, 3.63) is 44.3 Å². The highest BCUT2D eigenvalue weighted by atomic mass is 32.1. The van der Waals surface area contributed by atoms with E-state index in [1.54, 1.807) is 0 Å². The van der Waals surface area contributed by atoms with Crippen LogP contribution in [-0.4, -0.2) is 20.7 Å². The Morgan fingerprint density at radius 3 is 2.89 bits per heavy atom. The van der Waals surface area contributed by atoms with E-state index in [0.29, 0.717) is 6.54 Å². The van der Waals surface area contributed by atoms with E-state index in [0.717, 1.165) is 15.4 Å². The molecule has 0 spiro atoms. The van der Waals surface area contributed by atoms with E-state index in [1.807, 2.05) is 12.3 Å². The van der Waals surface area contributed by atoms with Crippen molar-refractivity contribution in [2.75, 3.05) is 0 Å². The van der Waals surface area contributed by atoms with Crippen LogP contribution in [0.1, 0.15) is 21.2 Å². The molecule has 0 radical (unpaired) electrons. The third-order valence-corrected chi connectivity index (χ3v) is 3.23. The van der Waals surface area contributed by atoms with Crippen LogP contribution in [-0.2, 0) is 13.6 Å². The molecule has 94 valence electrons. The number of carbonyl (C=O) groups excluding carboxylic acids is 1. The van der Waals surface area contributed by atoms with Crippen LogP contribution in [0.15, 0.2) is 22.3 Å². The predicted octanol–water partition coefficient (Wildman–Crippen LogP) is 0.475. The van der Waals surface area contributed by atoms with E-state index >= 15 is 0 Å². The molecule has 0 bridgehead atoms. The quantitative estimate of drug-likeness (QED) is 0.874. The molecule has 0 unspecified atom stereocenters. The van der Waals surface area contributed by atoms with Crippen molar-refractivity contribution in [2.45, 2.75) is 13.5 Å². The lowest BCUT2D eigenvalue weighted by atomic mass is 10.3. The number of nitrogens with zero attached hydrogens (tertiary/aromatic N) is 3. The number of aromatic nitrogens is 3. The van der Waals surface area contributed by atoms with Gasteiger partial charge in [0.25, 0.3) is 11.5 Å². The Morgan fingerprint density at radius 1 is 1.50 bits per heavy atom. The molecule has 0 saturated carbocycles. The highest BCUT2D eigenvalue weighted by Gasteiger charge is 2.09. The van der Waals surface area contributed by atoms with Crippen LogP contribution in [0.4, 0.5) is 0 Å². The molecule has 1 amide bonds. The van der Waals surface area contributed by atoms with Crippen molar-refractivity contribution < 1.29 is 4.79 Å². The molecule has 1 N–H and O–H groups in total. The third-order valence-electron chi connectivity index (χ3n) is 2.26. The summed E-state index contributed by atoms with van der Waals surface area (Å²) < 4.78 is 1.13. The Bertz CT molecular complexity index is 632. The summed E-state index contributed by atoms with van der Waals surface area (Å²) in [5.41, 5.74) is 0.900. The van der Waals surface area contributed by atoms with E-state index in [-0.39, 0.29) is 17.2 Å². The van der Waals surface area contributed by atoms with Crippen molar-refractivity contribution >= 4 is 17.2 Å². The van der Waals surface area contributed by atoms with Gasteiger partial charge in [-0.15, -0.1) is 11.3 Å². The average molecular weight is 264 g/mol. The molecular formula is C11H12N4O2S. The van der Waals surface area contributed by atoms with Gasteiger partial charge in [0.15, 0.2) is 0 Å². The van der Waals surface area contributed by atoms with Crippen LogP contribution in [0, 0.1) is 6.92 Å². The fraction of sp³-hybridized carbons (Fsp3) is 0.273. The van der Waals surface area contributed by atoms with Gasteiger partial charge in [-0.2, -0.15) is 5.10 Å². The van der Waals surface area contributed by atoms with Crippen molar-refractivity contribution in [1.82, 2.24) is 20.1 Å². The summed E-state index contributed by atoms with van der Waals surface area (Å²) in [5, 5.41) is 9.33. The zero-order valence-electron chi connectivity index (χ0n) is 10.0. The molecule has 0 saturated heterocycles. The summed E-state index contributed by atoms with van der Waals surface area (Å²) in [5.74, 6) is -0.321. The molecule has 0 aliphatic carbocycles.